The molecule has 5 heteroatoms. The molecule has 0 aromatic carbocycles. The Morgan fingerprint density at radius 2 is 1.81 bits per heavy atom. The third-order valence-electron chi connectivity index (χ3n) is 5.22. The number of carboxylic acids is 1. The number of piperidine rings is 1. The first-order valence-corrected chi connectivity index (χ1v) is 8.37. The number of hydrogen-bond acceptors (Lipinski definition) is 2. The summed E-state index contributed by atoms with van der Waals surface area (Å²) in [7, 11) is 0. The van der Waals surface area contributed by atoms with E-state index in [1.165, 1.54) is 6.42 Å². The number of nitrogens with zero attached hydrogens (tertiary/aromatic N) is 1. The first kappa shape index (κ1) is 16.1. The molecule has 2 unspecified atom stereocenters. The zero-order valence-electron chi connectivity index (χ0n) is 13.0. The van der Waals surface area contributed by atoms with Gasteiger partial charge in [-0.25, -0.2) is 4.79 Å². The van der Waals surface area contributed by atoms with E-state index in [1.807, 2.05) is 4.90 Å². The Balaban J connectivity index is 1.76. The number of urea groups is 1. The lowest BCUT2D eigenvalue weighted by Crippen LogP contribution is -2.47. The Kier molecular flexibility index (Phi) is 5.88. The highest BCUT2D eigenvalue weighted by molar-refractivity contribution is 5.74. The minimum atomic E-state index is -0.710. The number of nitrogens with one attached hydrogen (secondary N) is 1. The second-order valence-corrected chi connectivity index (χ2v) is 6.51. The van der Waals surface area contributed by atoms with Gasteiger partial charge in [-0.2, -0.15) is 0 Å². The van der Waals surface area contributed by atoms with E-state index < -0.39 is 5.97 Å². The number of carboxylic acid groups (broad SMARTS) is 1. The van der Waals surface area contributed by atoms with Crippen molar-refractivity contribution in [2.45, 2.75) is 51.9 Å². The highest BCUT2D eigenvalue weighted by atomic mass is 16.4. The molecule has 120 valence electrons. The quantitative estimate of drug-likeness (QED) is 0.838. The number of rotatable bonds is 4. The van der Waals surface area contributed by atoms with Crippen LogP contribution in [0.5, 0.6) is 0 Å². The summed E-state index contributed by atoms with van der Waals surface area (Å²) in [5, 5.41) is 12.2. The maximum Gasteiger partial charge on any atom is 0.317 e. The van der Waals surface area contributed by atoms with E-state index in [4.69, 9.17) is 0 Å². The second-order valence-electron chi connectivity index (χ2n) is 6.51. The van der Waals surface area contributed by atoms with Crippen LogP contribution in [0.4, 0.5) is 4.79 Å². The first-order valence-electron chi connectivity index (χ1n) is 8.37. The largest absolute Gasteiger partial charge is 0.481 e. The molecular formula is C16H28N2O3. The summed E-state index contributed by atoms with van der Waals surface area (Å²) < 4.78 is 0. The van der Waals surface area contributed by atoms with Gasteiger partial charge < -0.3 is 15.3 Å². The van der Waals surface area contributed by atoms with Crippen molar-refractivity contribution in [3.05, 3.63) is 0 Å². The van der Waals surface area contributed by atoms with Crippen molar-refractivity contribution in [3.8, 4) is 0 Å². The van der Waals surface area contributed by atoms with E-state index in [-0.39, 0.29) is 17.9 Å². The summed E-state index contributed by atoms with van der Waals surface area (Å²) in [6.07, 6.45) is 7.10. The van der Waals surface area contributed by atoms with Crippen LogP contribution in [0.2, 0.25) is 0 Å². The lowest BCUT2D eigenvalue weighted by Gasteiger charge is -2.33. The minimum Gasteiger partial charge on any atom is -0.481 e. The van der Waals surface area contributed by atoms with Crippen molar-refractivity contribution in [1.82, 2.24) is 10.2 Å². The molecule has 0 bridgehead atoms. The van der Waals surface area contributed by atoms with Gasteiger partial charge in [-0.3, -0.25) is 4.79 Å². The first-order chi connectivity index (χ1) is 10.1. The molecule has 1 aliphatic heterocycles. The summed E-state index contributed by atoms with van der Waals surface area (Å²) in [5.41, 5.74) is 0. The molecule has 2 atom stereocenters. The van der Waals surface area contributed by atoms with Crippen molar-refractivity contribution in [3.63, 3.8) is 0 Å². The van der Waals surface area contributed by atoms with E-state index in [0.29, 0.717) is 6.54 Å². The van der Waals surface area contributed by atoms with Crippen LogP contribution in [0.15, 0.2) is 0 Å². The number of amides is 2. The van der Waals surface area contributed by atoms with Gasteiger partial charge >= 0.3 is 12.0 Å². The fourth-order valence-electron chi connectivity index (χ4n) is 3.65. The predicted molar refractivity (Wildman–Crippen MR) is 81.1 cm³/mol. The van der Waals surface area contributed by atoms with Gasteiger partial charge in [0.25, 0.3) is 0 Å². The van der Waals surface area contributed by atoms with Gasteiger partial charge in [-0.15, -0.1) is 0 Å². The van der Waals surface area contributed by atoms with E-state index in [2.05, 4.69) is 12.2 Å². The van der Waals surface area contributed by atoms with Gasteiger partial charge in [0.1, 0.15) is 0 Å². The smallest absolute Gasteiger partial charge is 0.317 e. The zero-order chi connectivity index (χ0) is 15.2. The van der Waals surface area contributed by atoms with E-state index in [1.54, 1.807) is 0 Å². The van der Waals surface area contributed by atoms with E-state index in [0.717, 1.165) is 57.5 Å². The molecule has 1 saturated heterocycles. The van der Waals surface area contributed by atoms with Crippen LogP contribution in [-0.2, 0) is 4.79 Å². The molecular weight excluding hydrogens is 268 g/mol. The monoisotopic (exact) mass is 296 g/mol. The highest BCUT2D eigenvalue weighted by Crippen LogP contribution is 2.29. The van der Waals surface area contributed by atoms with Crippen LogP contribution in [0, 0.1) is 17.8 Å². The number of carbonyl (C=O) groups is 2. The van der Waals surface area contributed by atoms with Crippen LogP contribution < -0.4 is 5.32 Å². The summed E-state index contributed by atoms with van der Waals surface area (Å²) in [5.74, 6) is -0.153. The molecule has 2 N–H and O–H groups in total. The summed E-state index contributed by atoms with van der Waals surface area (Å²) in [6.45, 7) is 4.37. The molecule has 2 aliphatic rings. The van der Waals surface area contributed by atoms with Crippen molar-refractivity contribution < 1.29 is 14.7 Å². The Hall–Kier alpha value is -1.26. The van der Waals surface area contributed by atoms with Crippen molar-refractivity contribution in [2.24, 2.45) is 17.8 Å². The Bertz CT molecular complexity index is 365. The fourth-order valence-corrected chi connectivity index (χ4v) is 3.65. The average molecular weight is 296 g/mol. The van der Waals surface area contributed by atoms with Gasteiger partial charge in [-0.05, 0) is 37.5 Å². The molecule has 1 heterocycles. The molecule has 5 nitrogen and oxygen atoms in total. The topological polar surface area (TPSA) is 69.6 Å². The van der Waals surface area contributed by atoms with Gasteiger partial charge in [0.05, 0.1) is 5.92 Å². The van der Waals surface area contributed by atoms with Gasteiger partial charge in [0.15, 0.2) is 0 Å². The zero-order valence-corrected chi connectivity index (χ0v) is 13.0. The lowest BCUT2D eigenvalue weighted by molar-refractivity contribution is -0.144. The highest BCUT2D eigenvalue weighted by Gasteiger charge is 2.31. The normalized spacial score (nSPS) is 27.4. The van der Waals surface area contributed by atoms with Crippen LogP contribution in [0.25, 0.3) is 0 Å². The molecule has 0 radical (unpaired) electrons. The van der Waals surface area contributed by atoms with Crippen LogP contribution in [-0.4, -0.2) is 41.6 Å². The van der Waals surface area contributed by atoms with Crippen LogP contribution in [0.1, 0.15) is 51.9 Å². The Morgan fingerprint density at radius 3 is 2.43 bits per heavy atom. The van der Waals surface area contributed by atoms with Gasteiger partial charge in [0, 0.05) is 19.6 Å². The number of likely N-dealkylation sites (tertiary alicyclic amines) is 1. The molecule has 1 saturated carbocycles. The van der Waals surface area contributed by atoms with E-state index >= 15 is 0 Å². The van der Waals surface area contributed by atoms with Crippen LogP contribution >= 0.6 is 0 Å². The second kappa shape index (κ2) is 7.66. The molecule has 2 amide bonds. The number of hydrogen-bond donors (Lipinski definition) is 2. The average Bonchev–Trinajstić information content (AvgIpc) is 2.52. The molecule has 2 fully saturated rings. The third kappa shape index (κ3) is 4.35. The van der Waals surface area contributed by atoms with Gasteiger partial charge in [-0.1, -0.05) is 26.2 Å². The van der Waals surface area contributed by atoms with Crippen molar-refractivity contribution in [1.29, 1.82) is 0 Å². The molecule has 0 spiro atoms. The molecule has 2 rings (SSSR count). The SMILES string of the molecule is CCC1CCN(C(=O)NCC2CCCCC2C(=O)O)CC1. The molecule has 21 heavy (non-hydrogen) atoms. The molecule has 0 aromatic heterocycles. The fraction of sp³-hybridized carbons (Fsp3) is 0.875. The predicted octanol–water partition coefficient (Wildman–Crippen LogP) is 2.71. The minimum absolute atomic E-state index is 0.0146. The van der Waals surface area contributed by atoms with Crippen molar-refractivity contribution >= 4 is 12.0 Å². The summed E-state index contributed by atoms with van der Waals surface area (Å²) in [6, 6.07) is -0.0146. The van der Waals surface area contributed by atoms with E-state index in [9.17, 15) is 14.7 Å². The summed E-state index contributed by atoms with van der Waals surface area (Å²) in [4.78, 5) is 25.3. The van der Waals surface area contributed by atoms with Gasteiger partial charge in [0.2, 0.25) is 0 Å². The number of carbonyl (C=O) groups excluding carboxylic acids is 1. The molecule has 0 aromatic rings. The van der Waals surface area contributed by atoms with Crippen LogP contribution in [0.3, 0.4) is 0 Å². The molecule has 1 aliphatic carbocycles. The number of aliphatic carboxylic acids is 1. The Labute approximate surface area is 127 Å². The maximum absolute atomic E-state index is 12.2. The Morgan fingerprint density at radius 1 is 1.14 bits per heavy atom. The standard InChI is InChI=1S/C16H28N2O3/c1-2-12-7-9-18(10-8-12)16(21)17-11-13-5-3-4-6-14(13)15(19)20/h12-14H,2-11H2,1H3,(H,17,21)(H,19,20). The lowest BCUT2D eigenvalue weighted by atomic mass is 9.79. The summed E-state index contributed by atoms with van der Waals surface area (Å²) >= 11 is 0. The maximum atomic E-state index is 12.2. The van der Waals surface area contributed by atoms with Crippen molar-refractivity contribution in [2.75, 3.05) is 19.6 Å². The third-order valence-corrected chi connectivity index (χ3v) is 5.22.